The third kappa shape index (κ3) is 74.0. The molecule has 0 saturated heterocycles. The van der Waals surface area contributed by atoms with Crippen LogP contribution in [-0.2, 0) is 47.1 Å². The van der Waals surface area contributed by atoms with E-state index in [1.54, 1.807) is 4.75 Å². The number of aliphatic carboxylic acids is 3. The predicted octanol–water partition coefficient (Wildman–Crippen LogP) is 6.85. The van der Waals surface area contributed by atoms with Gasteiger partial charge >= 0.3 is 32.7 Å². The topological polar surface area (TPSA) is 172 Å². The van der Waals surface area contributed by atoms with Crippen molar-refractivity contribution in [2.45, 2.75) is 213 Å². The Morgan fingerprint density at radius 3 is 0.630 bits per heavy atom. The molecule has 0 bridgehead atoms. The van der Waals surface area contributed by atoms with Gasteiger partial charge in [-0.25, -0.2) is 0 Å². The van der Waals surface area contributed by atoms with E-state index >= 15 is 0 Å². The van der Waals surface area contributed by atoms with Crippen molar-refractivity contribution in [3.05, 3.63) is 9.71 Å². The molecule has 270 valence electrons. The quantitative estimate of drug-likeness (QED) is 0.0334. The fraction of sp³-hybridized carbons (Fsp3) is 0.917. The second-order valence-electron chi connectivity index (χ2n) is 11.9. The van der Waals surface area contributed by atoms with Gasteiger partial charge in [0.05, 0.1) is 0 Å². The maximum Gasteiger partial charge on any atom is 3.00 e. The predicted molar refractivity (Wildman–Crippen MR) is 177 cm³/mol. The van der Waals surface area contributed by atoms with Crippen molar-refractivity contribution < 1.29 is 67.7 Å². The van der Waals surface area contributed by atoms with Crippen molar-refractivity contribution in [1.29, 1.82) is 0 Å². The summed E-state index contributed by atoms with van der Waals surface area (Å²) in [6.07, 6.45) is 33.5. The van der Waals surface area contributed by atoms with Gasteiger partial charge in [0, 0.05) is 17.9 Å². The van der Waals surface area contributed by atoms with E-state index in [1.807, 2.05) is 0 Å². The van der Waals surface area contributed by atoms with Crippen LogP contribution in [0.1, 0.15) is 213 Å². The summed E-state index contributed by atoms with van der Waals surface area (Å²) in [5.41, 5.74) is 0. The van der Waals surface area contributed by atoms with Crippen molar-refractivity contribution in [3.63, 3.8) is 0 Å². The van der Waals surface area contributed by atoms with Crippen LogP contribution < -0.4 is 20.6 Å². The molecule has 0 aromatic heterocycles. The monoisotopic (exact) mass is 734 g/mol. The third-order valence-electron chi connectivity index (χ3n) is 7.45. The standard InChI is InChI=1S/3C12H24O2.O3.Y/c3*1-2-3-4-5-6-7-8-9-10-11-12(13)14;1-3-2;/h3*2-11H2,1H3,(H,13,14);;/q;;;;+3/p-3. The number of carboxylic acid groups (broad SMARTS) is 3. The minimum absolute atomic E-state index is 0. The van der Waals surface area contributed by atoms with Gasteiger partial charge in [0.1, 0.15) is 0 Å². The van der Waals surface area contributed by atoms with Crippen LogP contribution in [0.25, 0.3) is 0 Å². The van der Waals surface area contributed by atoms with Gasteiger partial charge < -0.3 is 29.7 Å². The molecule has 9 nitrogen and oxygen atoms in total. The smallest absolute Gasteiger partial charge is 0.550 e. The Balaban J connectivity index is -0.000000173. The van der Waals surface area contributed by atoms with Crippen molar-refractivity contribution in [1.82, 2.24) is 0 Å². The maximum absolute atomic E-state index is 10.1. The van der Waals surface area contributed by atoms with Crippen LogP contribution in [-0.4, -0.2) is 17.9 Å². The summed E-state index contributed by atoms with van der Waals surface area (Å²) in [5, 5.41) is 38.2. The molecular formula is C36H69O9Y. The molecule has 0 N–H and O–H groups in total. The van der Waals surface area contributed by atoms with Crippen LogP contribution >= 0.6 is 0 Å². The Morgan fingerprint density at radius 2 is 0.500 bits per heavy atom. The Kier molecular flexibility index (Phi) is 63.1. The molecule has 0 rings (SSSR count). The average molecular weight is 735 g/mol. The Labute approximate surface area is 307 Å². The van der Waals surface area contributed by atoms with Gasteiger partial charge in [-0.15, -0.1) is 0 Å². The van der Waals surface area contributed by atoms with E-state index in [0.29, 0.717) is 0 Å². The summed E-state index contributed by atoms with van der Waals surface area (Å²) < 4.78 is 1.75. The Hall–Kier alpha value is -1.09. The van der Waals surface area contributed by atoms with Crippen LogP contribution in [0, 0.1) is 9.71 Å². The third-order valence-corrected chi connectivity index (χ3v) is 7.45. The summed E-state index contributed by atoms with van der Waals surface area (Å²) in [5.74, 6) is -2.73. The van der Waals surface area contributed by atoms with E-state index in [4.69, 9.17) is 10.2 Å². The number of rotatable bonds is 30. The summed E-state index contributed by atoms with van der Waals surface area (Å²) in [6, 6.07) is 0. The van der Waals surface area contributed by atoms with Crippen LogP contribution in [0.5, 0.6) is 0 Å². The van der Waals surface area contributed by atoms with E-state index in [1.165, 1.54) is 135 Å². The SMILES string of the molecule is CCCCCCCCCCCC(=O)[O-].CCCCCCCCCCCC(=O)[O-].CCCCCCCCCCCC(=O)[O-].O=[O+][O-].[Y+3]. The first-order valence-electron chi connectivity index (χ1n) is 18.2. The molecule has 0 atom stereocenters. The first-order valence-corrected chi connectivity index (χ1v) is 18.2. The molecule has 0 heterocycles. The molecule has 0 aromatic rings. The number of hydrogen-bond acceptors (Lipinski definition) is 8. The van der Waals surface area contributed by atoms with Gasteiger partial charge in [-0.1, -0.05) is 185 Å². The molecule has 0 unspecified atom stereocenters. The van der Waals surface area contributed by atoms with E-state index in [0.717, 1.165) is 38.5 Å². The first kappa shape index (κ1) is 54.4. The van der Waals surface area contributed by atoms with Crippen LogP contribution in [0.2, 0.25) is 0 Å². The molecule has 0 radical (unpaired) electrons. The first-order chi connectivity index (χ1) is 21.7. The fourth-order valence-electron chi connectivity index (χ4n) is 4.74. The van der Waals surface area contributed by atoms with Crippen molar-refractivity contribution in [3.8, 4) is 0 Å². The van der Waals surface area contributed by atoms with Crippen LogP contribution in [0.4, 0.5) is 0 Å². The average Bonchev–Trinajstić information content (AvgIpc) is 2.99. The second kappa shape index (κ2) is 53.4. The second-order valence-corrected chi connectivity index (χ2v) is 11.9. The van der Waals surface area contributed by atoms with Crippen molar-refractivity contribution >= 4 is 17.9 Å². The molecule has 10 heteroatoms. The fourth-order valence-corrected chi connectivity index (χ4v) is 4.74. The van der Waals surface area contributed by atoms with Crippen molar-refractivity contribution in [2.75, 3.05) is 0 Å². The molecule has 0 amide bonds. The summed E-state index contributed by atoms with van der Waals surface area (Å²) >= 11 is 0. The normalized spacial score (nSPS) is 9.72. The van der Waals surface area contributed by atoms with Gasteiger partial charge in [-0.05, 0) is 38.5 Å². The zero-order valence-electron chi connectivity index (χ0n) is 30.0. The number of carbonyl (C=O) groups is 3. The summed E-state index contributed by atoms with van der Waals surface area (Å²) in [6.45, 7) is 6.67. The maximum atomic E-state index is 10.1. The molecule has 0 aliphatic carbocycles. The molecule has 0 spiro atoms. The zero-order chi connectivity index (χ0) is 34.7. The molecule has 0 aliphatic rings. The van der Waals surface area contributed by atoms with E-state index in [2.05, 4.69) is 20.8 Å². The number of carbonyl (C=O) groups excluding carboxylic acids is 3. The Morgan fingerprint density at radius 1 is 0.370 bits per heavy atom. The zero-order valence-corrected chi connectivity index (χ0v) is 32.8. The minimum atomic E-state index is -0.909. The van der Waals surface area contributed by atoms with Crippen molar-refractivity contribution in [2.24, 2.45) is 0 Å². The van der Waals surface area contributed by atoms with Gasteiger partial charge in [0.25, 0.3) is 0 Å². The van der Waals surface area contributed by atoms with Crippen LogP contribution in [0.15, 0.2) is 0 Å². The molecular weight excluding hydrogens is 665 g/mol. The molecule has 0 aromatic carbocycles. The van der Waals surface area contributed by atoms with Gasteiger partial charge in [0.2, 0.25) is 0 Å². The molecule has 0 aliphatic heterocycles. The van der Waals surface area contributed by atoms with E-state index in [9.17, 15) is 29.7 Å². The largest absolute Gasteiger partial charge is 3.00 e. The number of hydrogen-bond donors (Lipinski definition) is 0. The van der Waals surface area contributed by atoms with Gasteiger partial charge in [0.15, 0.2) is 4.75 Å². The van der Waals surface area contributed by atoms with Gasteiger partial charge in [-0.3, -0.25) is 0 Å². The summed E-state index contributed by atoms with van der Waals surface area (Å²) in [4.78, 5) is 38.2. The van der Waals surface area contributed by atoms with Crippen LogP contribution in [0.3, 0.4) is 0 Å². The molecule has 46 heavy (non-hydrogen) atoms. The Bertz CT molecular complexity index is 528. The summed E-state index contributed by atoms with van der Waals surface area (Å²) in [7, 11) is 0. The molecule has 0 saturated carbocycles. The van der Waals surface area contributed by atoms with E-state index in [-0.39, 0.29) is 52.0 Å². The minimum Gasteiger partial charge on any atom is -0.550 e. The van der Waals surface area contributed by atoms with E-state index < -0.39 is 17.9 Å². The number of carboxylic acids is 3. The molecule has 0 fully saturated rings. The number of unbranched alkanes of at least 4 members (excludes halogenated alkanes) is 24. The van der Waals surface area contributed by atoms with Gasteiger partial charge in [-0.2, -0.15) is 0 Å².